The SMILES string of the molecule is CC(=O)O[C@@H]1C(n2ccc(=O)[nH]c2=O)OC(CCOC=O)[C@@H]1OC(C)=O. The summed E-state index contributed by atoms with van der Waals surface area (Å²) in [7, 11) is 0. The summed E-state index contributed by atoms with van der Waals surface area (Å²) in [6.07, 6.45) is -2.82. The Kier molecular flexibility index (Phi) is 6.28. The lowest BCUT2D eigenvalue weighted by Crippen LogP contribution is -2.41. The van der Waals surface area contributed by atoms with Gasteiger partial charge in [0.05, 0.1) is 6.61 Å². The Bertz CT molecular complexity index is 784. The molecule has 1 saturated heterocycles. The van der Waals surface area contributed by atoms with E-state index in [9.17, 15) is 24.0 Å². The number of aromatic nitrogens is 2. The van der Waals surface area contributed by atoms with Gasteiger partial charge in [0.2, 0.25) is 0 Å². The molecule has 2 rings (SSSR count). The normalized spacial score (nSPS) is 24.7. The van der Waals surface area contributed by atoms with E-state index in [-0.39, 0.29) is 19.5 Å². The van der Waals surface area contributed by atoms with Crippen molar-refractivity contribution in [3.63, 3.8) is 0 Å². The Labute approximate surface area is 146 Å². The van der Waals surface area contributed by atoms with Crippen LogP contribution < -0.4 is 11.2 Å². The molecule has 4 atom stereocenters. The van der Waals surface area contributed by atoms with Gasteiger partial charge in [0.15, 0.2) is 18.4 Å². The van der Waals surface area contributed by atoms with Crippen LogP contribution in [0.2, 0.25) is 0 Å². The smallest absolute Gasteiger partial charge is 0.330 e. The predicted octanol–water partition coefficient (Wildman–Crippen LogP) is -1.14. The first-order valence-corrected chi connectivity index (χ1v) is 7.70. The van der Waals surface area contributed by atoms with Gasteiger partial charge >= 0.3 is 17.6 Å². The van der Waals surface area contributed by atoms with Crippen molar-refractivity contribution in [3.8, 4) is 0 Å². The summed E-state index contributed by atoms with van der Waals surface area (Å²) in [6.45, 7) is 2.54. The summed E-state index contributed by atoms with van der Waals surface area (Å²) in [4.78, 5) is 58.6. The van der Waals surface area contributed by atoms with Crippen molar-refractivity contribution < 1.29 is 33.3 Å². The Hall–Kier alpha value is -2.95. The molecule has 0 saturated carbocycles. The van der Waals surface area contributed by atoms with Crippen LogP contribution >= 0.6 is 0 Å². The van der Waals surface area contributed by atoms with Gasteiger partial charge in [-0.15, -0.1) is 0 Å². The van der Waals surface area contributed by atoms with E-state index in [0.29, 0.717) is 0 Å². The van der Waals surface area contributed by atoms with Crippen LogP contribution in [-0.2, 0) is 33.3 Å². The minimum Gasteiger partial charge on any atom is -0.468 e. The lowest BCUT2D eigenvalue weighted by molar-refractivity contribution is -0.165. The van der Waals surface area contributed by atoms with Crippen LogP contribution in [0.4, 0.5) is 0 Å². The molecule has 1 aliphatic rings. The first-order chi connectivity index (χ1) is 12.3. The summed E-state index contributed by atoms with van der Waals surface area (Å²) in [6, 6.07) is 1.10. The number of rotatable bonds is 7. The fourth-order valence-corrected chi connectivity index (χ4v) is 2.68. The van der Waals surface area contributed by atoms with Crippen molar-refractivity contribution in [2.45, 2.75) is 44.8 Å². The molecule has 0 aliphatic carbocycles. The van der Waals surface area contributed by atoms with Gasteiger partial charge in [-0.3, -0.25) is 28.7 Å². The van der Waals surface area contributed by atoms with Gasteiger partial charge in [-0.1, -0.05) is 0 Å². The monoisotopic (exact) mass is 370 g/mol. The molecular formula is C15H18N2O9. The first kappa shape index (κ1) is 19.4. The van der Waals surface area contributed by atoms with Gasteiger partial charge in [-0.2, -0.15) is 0 Å². The minimum absolute atomic E-state index is 0.0357. The standard InChI is InChI=1S/C15H18N2O9/c1-8(19)24-12-10(4-6-23-7-18)26-14(13(12)25-9(2)20)17-5-3-11(21)16-15(17)22/h3,5,7,10,12-14H,4,6H2,1-2H3,(H,16,21,22)/t10?,12-,13-,14?/m0/s1. The van der Waals surface area contributed by atoms with E-state index in [1.54, 1.807) is 0 Å². The molecule has 26 heavy (non-hydrogen) atoms. The quantitative estimate of drug-likeness (QED) is 0.273. The van der Waals surface area contributed by atoms with Crippen LogP contribution in [-0.4, -0.2) is 52.9 Å². The van der Waals surface area contributed by atoms with E-state index in [4.69, 9.17) is 14.2 Å². The number of nitrogens with zero attached hydrogens (tertiary/aromatic N) is 1. The molecule has 0 spiro atoms. The van der Waals surface area contributed by atoms with Crippen molar-refractivity contribution in [2.24, 2.45) is 0 Å². The highest BCUT2D eigenvalue weighted by atomic mass is 16.6. The minimum atomic E-state index is -1.14. The lowest BCUT2D eigenvalue weighted by atomic mass is 10.1. The molecule has 2 heterocycles. The molecule has 0 aromatic carbocycles. The highest BCUT2D eigenvalue weighted by Crippen LogP contribution is 2.34. The number of carbonyl (C=O) groups is 3. The number of carbonyl (C=O) groups excluding carboxylic acids is 3. The molecule has 0 amide bonds. The fraction of sp³-hybridized carbons (Fsp3) is 0.533. The van der Waals surface area contributed by atoms with Gasteiger partial charge in [0.1, 0.15) is 6.10 Å². The fourth-order valence-electron chi connectivity index (χ4n) is 2.68. The second-order valence-electron chi connectivity index (χ2n) is 5.49. The summed E-state index contributed by atoms with van der Waals surface area (Å²) in [5.74, 6) is -1.32. The maximum Gasteiger partial charge on any atom is 0.330 e. The number of hydrogen-bond acceptors (Lipinski definition) is 9. The number of nitrogens with one attached hydrogen (secondary N) is 1. The summed E-state index contributed by atoms with van der Waals surface area (Å²) < 4.78 is 21.8. The van der Waals surface area contributed by atoms with Crippen molar-refractivity contribution in [1.29, 1.82) is 0 Å². The predicted molar refractivity (Wildman–Crippen MR) is 83.0 cm³/mol. The van der Waals surface area contributed by atoms with Crippen LogP contribution in [0.1, 0.15) is 26.5 Å². The first-order valence-electron chi connectivity index (χ1n) is 7.70. The molecule has 11 nitrogen and oxygen atoms in total. The molecular weight excluding hydrogens is 352 g/mol. The Morgan fingerprint density at radius 3 is 2.46 bits per heavy atom. The second-order valence-corrected chi connectivity index (χ2v) is 5.49. The van der Waals surface area contributed by atoms with Crippen LogP contribution in [0, 0.1) is 0 Å². The van der Waals surface area contributed by atoms with Crippen LogP contribution in [0.25, 0.3) is 0 Å². The summed E-state index contributed by atoms with van der Waals surface area (Å²) >= 11 is 0. The zero-order chi connectivity index (χ0) is 19.3. The van der Waals surface area contributed by atoms with Crippen LogP contribution in [0.15, 0.2) is 21.9 Å². The van der Waals surface area contributed by atoms with E-state index in [1.807, 2.05) is 0 Å². The molecule has 1 fully saturated rings. The van der Waals surface area contributed by atoms with Crippen molar-refractivity contribution in [1.82, 2.24) is 9.55 Å². The molecule has 0 radical (unpaired) electrons. The van der Waals surface area contributed by atoms with Gasteiger partial charge in [-0.25, -0.2) is 4.79 Å². The lowest BCUT2D eigenvalue weighted by Gasteiger charge is -2.23. The van der Waals surface area contributed by atoms with E-state index in [2.05, 4.69) is 9.72 Å². The zero-order valence-corrected chi connectivity index (χ0v) is 14.1. The highest BCUT2D eigenvalue weighted by Gasteiger charge is 2.50. The second kappa shape index (κ2) is 8.43. The number of esters is 2. The Morgan fingerprint density at radius 1 is 1.23 bits per heavy atom. The molecule has 0 bridgehead atoms. The van der Waals surface area contributed by atoms with Crippen molar-refractivity contribution in [2.75, 3.05) is 6.61 Å². The number of H-pyrrole nitrogens is 1. The van der Waals surface area contributed by atoms with Crippen molar-refractivity contribution >= 4 is 18.4 Å². The van der Waals surface area contributed by atoms with Gasteiger partial charge in [-0.05, 0) is 0 Å². The Morgan fingerprint density at radius 2 is 1.88 bits per heavy atom. The van der Waals surface area contributed by atoms with Crippen LogP contribution in [0.3, 0.4) is 0 Å². The average molecular weight is 370 g/mol. The van der Waals surface area contributed by atoms with Gasteiger partial charge in [0.25, 0.3) is 12.0 Å². The molecule has 1 aliphatic heterocycles. The van der Waals surface area contributed by atoms with E-state index in [0.717, 1.165) is 17.6 Å². The number of aromatic amines is 1. The van der Waals surface area contributed by atoms with Crippen LogP contribution in [0.5, 0.6) is 0 Å². The molecule has 1 aromatic rings. The molecule has 142 valence electrons. The van der Waals surface area contributed by atoms with E-state index >= 15 is 0 Å². The molecule has 2 unspecified atom stereocenters. The largest absolute Gasteiger partial charge is 0.468 e. The van der Waals surface area contributed by atoms with Crippen molar-refractivity contribution in [3.05, 3.63) is 33.1 Å². The van der Waals surface area contributed by atoms with Gasteiger partial charge in [0, 0.05) is 32.5 Å². The number of hydrogen-bond donors (Lipinski definition) is 1. The zero-order valence-electron chi connectivity index (χ0n) is 14.1. The topological polar surface area (TPSA) is 143 Å². The third-order valence-electron chi connectivity index (χ3n) is 3.60. The van der Waals surface area contributed by atoms with Gasteiger partial charge < -0.3 is 18.9 Å². The molecule has 11 heteroatoms. The highest BCUT2D eigenvalue weighted by molar-refractivity contribution is 5.67. The Balaban J connectivity index is 2.38. The molecule has 1 aromatic heterocycles. The maximum atomic E-state index is 12.1. The van der Waals surface area contributed by atoms with E-state index in [1.165, 1.54) is 13.1 Å². The summed E-state index contributed by atoms with van der Waals surface area (Å²) in [5, 5.41) is 0. The maximum absolute atomic E-state index is 12.1. The summed E-state index contributed by atoms with van der Waals surface area (Å²) in [5.41, 5.74) is -1.40. The third kappa shape index (κ3) is 4.57. The van der Waals surface area contributed by atoms with E-state index < -0.39 is 47.7 Å². The molecule has 1 N–H and O–H groups in total. The average Bonchev–Trinajstić information content (AvgIpc) is 2.84. The number of ether oxygens (including phenoxy) is 4. The third-order valence-corrected chi connectivity index (χ3v) is 3.60.